The van der Waals surface area contributed by atoms with Gasteiger partial charge < -0.3 is 26.4 Å². The topological polar surface area (TPSA) is 142 Å². The molecule has 1 saturated heterocycles. The van der Waals surface area contributed by atoms with E-state index < -0.39 is 36.0 Å². The van der Waals surface area contributed by atoms with Crippen molar-refractivity contribution in [1.29, 1.82) is 0 Å². The monoisotopic (exact) mass is 472 g/mol. The zero-order valence-electron chi connectivity index (χ0n) is 19.9. The lowest BCUT2D eigenvalue weighted by molar-refractivity contribution is -0.145. The summed E-state index contributed by atoms with van der Waals surface area (Å²) in [4.78, 5) is 51.7. The zero-order valence-corrected chi connectivity index (χ0v) is 20.7. The van der Waals surface area contributed by atoms with Crippen molar-refractivity contribution >= 4 is 35.5 Å². The summed E-state index contributed by atoms with van der Waals surface area (Å²) in [5, 5.41) is 14.8. The minimum Gasteiger partial charge on any atom is -0.480 e. The highest BCUT2D eigenvalue weighted by Crippen LogP contribution is 2.20. The predicted molar refractivity (Wildman–Crippen MR) is 126 cm³/mol. The van der Waals surface area contributed by atoms with Crippen molar-refractivity contribution in [3.63, 3.8) is 0 Å². The molecule has 0 aromatic carbocycles. The number of carboxylic acid groups (broad SMARTS) is 1. The molecule has 1 heterocycles. The van der Waals surface area contributed by atoms with Crippen LogP contribution >= 0.6 is 11.8 Å². The zero-order chi connectivity index (χ0) is 24.4. The second-order valence-electron chi connectivity index (χ2n) is 9.30. The lowest BCUT2D eigenvalue weighted by Crippen LogP contribution is -2.57. The summed E-state index contributed by atoms with van der Waals surface area (Å²) in [5.74, 6) is -1.24. The molecule has 1 rings (SSSR count). The van der Waals surface area contributed by atoms with Gasteiger partial charge in [-0.05, 0) is 55.9 Å². The summed E-state index contributed by atoms with van der Waals surface area (Å²) >= 11 is 1.56. The van der Waals surface area contributed by atoms with Crippen molar-refractivity contribution < 1.29 is 24.3 Å². The van der Waals surface area contributed by atoms with E-state index in [1.54, 1.807) is 11.8 Å². The van der Waals surface area contributed by atoms with Crippen LogP contribution in [0.1, 0.15) is 59.8 Å². The van der Waals surface area contributed by atoms with Gasteiger partial charge in [0.15, 0.2) is 0 Å². The maximum absolute atomic E-state index is 13.3. The largest absolute Gasteiger partial charge is 0.480 e. The minimum atomic E-state index is -1.09. The minimum absolute atomic E-state index is 0.0962. The van der Waals surface area contributed by atoms with Crippen LogP contribution in [0.5, 0.6) is 0 Å². The van der Waals surface area contributed by atoms with Gasteiger partial charge in [-0.1, -0.05) is 27.7 Å². The molecule has 9 nitrogen and oxygen atoms in total. The fraction of sp³-hybridized carbons (Fsp3) is 0.818. The van der Waals surface area contributed by atoms with Gasteiger partial charge in [0.2, 0.25) is 17.7 Å². The summed E-state index contributed by atoms with van der Waals surface area (Å²) < 4.78 is 0. The van der Waals surface area contributed by atoms with Gasteiger partial charge in [0.1, 0.15) is 18.1 Å². The summed E-state index contributed by atoms with van der Waals surface area (Å²) in [6.07, 6.45) is 4.26. The molecule has 4 atom stereocenters. The van der Waals surface area contributed by atoms with E-state index in [-0.39, 0.29) is 23.7 Å². The molecular formula is C22H40N4O5S. The number of hydrogen-bond acceptors (Lipinski definition) is 6. The smallest absolute Gasteiger partial charge is 0.326 e. The number of nitrogens with one attached hydrogen (secondary N) is 2. The van der Waals surface area contributed by atoms with Crippen molar-refractivity contribution in [2.24, 2.45) is 17.6 Å². The Morgan fingerprint density at radius 2 is 1.69 bits per heavy atom. The molecule has 4 unspecified atom stereocenters. The van der Waals surface area contributed by atoms with Crippen LogP contribution in [0.25, 0.3) is 0 Å². The Bertz CT molecular complexity index is 658. The number of hydrogen-bond donors (Lipinski definition) is 4. The molecule has 0 saturated carbocycles. The van der Waals surface area contributed by atoms with Gasteiger partial charge in [-0.2, -0.15) is 11.8 Å². The van der Waals surface area contributed by atoms with E-state index in [1.807, 2.05) is 34.0 Å². The van der Waals surface area contributed by atoms with Crippen LogP contribution in [-0.2, 0) is 19.2 Å². The summed E-state index contributed by atoms with van der Waals surface area (Å²) in [5.41, 5.74) is 5.99. The van der Waals surface area contributed by atoms with Crippen molar-refractivity contribution in [3.05, 3.63) is 0 Å². The SMILES string of the molecule is CSCCC(NC(=O)C(N)CC(C)C)C(=O)N1CCCC1C(=O)NC(CC(C)C)C(=O)O. The average molecular weight is 473 g/mol. The number of aliphatic carboxylic acids is 1. The summed E-state index contributed by atoms with van der Waals surface area (Å²) in [7, 11) is 0. The van der Waals surface area contributed by atoms with E-state index in [4.69, 9.17) is 5.73 Å². The van der Waals surface area contributed by atoms with Crippen molar-refractivity contribution in [2.45, 2.75) is 84.0 Å². The molecule has 184 valence electrons. The van der Waals surface area contributed by atoms with E-state index in [0.717, 1.165) is 0 Å². The van der Waals surface area contributed by atoms with E-state index in [2.05, 4.69) is 10.6 Å². The Morgan fingerprint density at radius 1 is 1.06 bits per heavy atom. The normalized spacial score (nSPS) is 19.0. The number of carboxylic acids is 1. The van der Waals surface area contributed by atoms with Crippen LogP contribution in [0.2, 0.25) is 0 Å². The van der Waals surface area contributed by atoms with Crippen molar-refractivity contribution in [2.75, 3.05) is 18.6 Å². The standard InChI is InChI=1S/C22H40N4O5S/c1-13(2)11-15(23)19(27)24-16(8-10-32-5)21(29)26-9-6-7-18(26)20(28)25-17(22(30)31)12-14(3)4/h13-18H,6-12,23H2,1-5H3,(H,24,27)(H,25,28)(H,30,31). The highest BCUT2D eigenvalue weighted by molar-refractivity contribution is 7.98. The van der Waals surface area contributed by atoms with Gasteiger partial charge in [-0.3, -0.25) is 14.4 Å². The summed E-state index contributed by atoms with van der Waals surface area (Å²) in [6, 6.07) is -3.22. The van der Waals surface area contributed by atoms with E-state index in [1.165, 1.54) is 4.90 Å². The third kappa shape index (κ3) is 8.97. The van der Waals surface area contributed by atoms with E-state index in [0.29, 0.717) is 44.4 Å². The quantitative estimate of drug-likeness (QED) is 0.315. The number of carbonyl (C=O) groups excluding carboxylic acids is 3. The van der Waals surface area contributed by atoms with Crippen LogP contribution in [-0.4, -0.2) is 76.4 Å². The first-order chi connectivity index (χ1) is 15.0. The molecule has 1 fully saturated rings. The summed E-state index contributed by atoms with van der Waals surface area (Å²) in [6.45, 7) is 8.11. The predicted octanol–water partition coefficient (Wildman–Crippen LogP) is 1.20. The first-order valence-corrected chi connectivity index (χ1v) is 12.8. The number of likely N-dealkylation sites (tertiary alicyclic amines) is 1. The Labute approximate surface area is 195 Å². The third-order valence-corrected chi connectivity index (χ3v) is 6.09. The van der Waals surface area contributed by atoms with Gasteiger partial charge in [0, 0.05) is 6.54 Å². The molecule has 1 aliphatic rings. The molecule has 0 aromatic rings. The molecule has 3 amide bonds. The number of carbonyl (C=O) groups is 4. The molecule has 10 heteroatoms. The molecule has 5 N–H and O–H groups in total. The molecule has 1 aliphatic heterocycles. The number of nitrogens with two attached hydrogens (primary N) is 1. The molecule has 0 spiro atoms. The van der Waals surface area contributed by atoms with Gasteiger partial charge >= 0.3 is 5.97 Å². The molecule has 32 heavy (non-hydrogen) atoms. The molecule has 0 aliphatic carbocycles. The van der Waals surface area contributed by atoms with E-state index in [9.17, 15) is 24.3 Å². The van der Waals surface area contributed by atoms with Crippen LogP contribution in [0.4, 0.5) is 0 Å². The average Bonchev–Trinajstić information content (AvgIpc) is 3.18. The highest BCUT2D eigenvalue weighted by Gasteiger charge is 2.39. The van der Waals surface area contributed by atoms with Gasteiger partial charge in [0.25, 0.3) is 0 Å². The molecule has 0 bridgehead atoms. The Hall–Kier alpha value is -1.81. The van der Waals surface area contributed by atoms with Crippen LogP contribution in [0, 0.1) is 11.8 Å². The van der Waals surface area contributed by atoms with Crippen molar-refractivity contribution in [1.82, 2.24) is 15.5 Å². The number of amides is 3. The van der Waals surface area contributed by atoms with Crippen LogP contribution in [0.3, 0.4) is 0 Å². The van der Waals surface area contributed by atoms with Gasteiger partial charge in [0.05, 0.1) is 6.04 Å². The first kappa shape index (κ1) is 28.2. The fourth-order valence-electron chi connectivity index (χ4n) is 3.85. The Kier molecular flexibility index (Phi) is 12.1. The first-order valence-electron chi connectivity index (χ1n) is 11.4. The third-order valence-electron chi connectivity index (χ3n) is 5.45. The Balaban J connectivity index is 2.91. The lowest BCUT2D eigenvalue weighted by atomic mass is 10.0. The molecule has 0 radical (unpaired) electrons. The number of thioether (sulfide) groups is 1. The van der Waals surface area contributed by atoms with Gasteiger partial charge in [-0.15, -0.1) is 0 Å². The van der Waals surface area contributed by atoms with Crippen LogP contribution < -0.4 is 16.4 Å². The second-order valence-corrected chi connectivity index (χ2v) is 10.3. The number of nitrogens with zero attached hydrogens (tertiary/aromatic N) is 1. The fourth-order valence-corrected chi connectivity index (χ4v) is 4.32. The number of rotatable bonds is 13. The van der Waals surface area contributed by atoms with Crippen LogP contribution in [0.15, 0.2) is 0 Å². The second kappa shape index (κ2) is 13.7. The lowest BCUT2D eigenvalue weighted by Gasteiger charge is -2.30. The molecular weight excluding hydrogens is 432 g/mol. The maximum atomic E-state index is 13.3. The molecule has 0 aromatic heterocycles. The van der Waals surface area contributed by atoms with Gasteiger partial charge in [-0.25, -0.2) is 4.79 Å². The maximum Gasteiger partial charge on any atom is 0.326 e. The van der Waals surface area contributed by atoms with Crippen molar-refractivity contribution in [3.8, 4) is 0 Å². The Morgan fingerprint density at radius 3 is 2.22 bits per heavy atom. The highest BCUT2D eigenvalue weighted by atomic mass is 32.2. The van der Waals surface area contributed by atoms with E-state index >= 15 is 0 Å².